The third kappa shape index (κ3) is 3.95. The first-order valence-electron chi connectivity index (χ1n) is 7.49. The predicted molar refractivity (Wildman–Crippen MR) is 85.5 cm³/mol. The van der Waals surface area contributed by atoms with Gasteiger partial charge in [0.25, 0.3) is 0 Å². The third-order valence-electron chi connectivity index (χ3n) is 3.94. The third-order valence-corrected chi connectivity index (χ3v) is 4.95. The number of hydrogen-bond donors (Lipinski definition) is 2. The van der Waals surface area contributed by atoms with Crippen LogP contribution in [-0.2, 0) is 10.4 Å². The molecule has 1 saturated carbocycles. The molecule has 0 aliphatic heterocycles. The molecule has 122 valence electrons. The summed E-state index contributed by atoms with van der Waals surface area (Å²) >= 11 is 1.33. The molecule has 1 aromatic heterocycles. The summed E-state index contributed by atoms with van der Waals surface area (Å²) in [7, 11) is 0. The summed E-state index contributed by atoms with van der Waals surface area (Å²) in [5, 5.41) is 13.6. The minimum atomic E-state index is -1.14. The monoisotopic (exact) mass is 335 g/mol. The van der Waals surface area contributed by atoms with Crippen LogP contribution in [0.15, 0.2) is 52.0 Å². The Balaban J connectivity index is 1.52. The van der Waals surface area contributed by atoms with Crippen LogP contribution in [0.2, 0.25) is 0 Å². The lowest BCUT2D eigenvalue weighted by molar-refractivity contribution is -0.120. The summed E-state index contributed by atoms with van der Waals surface area (Å²) in [6, 6.07) is 9.46. The summed E-state index contributed by atoms with van der Waals surface area (Å²) in [4.78, 5) is 12.8. The maximum Gasteiger partial charge on any atom is 0.230 e. The van der Waals surface area contributed by atoms with Gasteiger partial charge in [0.15, 0.2) is 0 Å². The first-order valence-corrected chi connectivity index (χ1v) is 8.48. The lowest BCUT2D eigenvalue weighted by atomic mass is 9.94. The molecule has 4 nitrogen and oxygen atoms in total. The number of carbonyl (C=O) groups excluding carboxylic acids is 1. The van der Waals surface area contributed by atoms with Gasteiger partial charge in [-0.15, -0.1) is 11.8 Å². The molecule has 3 rings (SSSR count). The van der Waals surface area contributed by atoms with E-state index in [-0.39, 0.29) is 29.9 Å². The van der Waals surface area contributed by atoms with Crippen molar-refractivity contribution in [3.05, 3.63) is 54.2 Å². The normalized spacial score (nSPS) is 16.8. The molecule has 0 radical (unpaired) electrons. The van der Waals surface area contributed by atoms with Crippen LogP contribution in [0.1, 0.15) is 18.6 Å². The second-order valence-corrected chi connectivity index (χ2v) is 6.74. The van der Waals surface area contributed by atoms with Gasteiger partial charge in [-0.1, -0.05) is 0 Å². The molecular formula is C17H18FNO3S. The van der Waals surface area contributed by atoms with Gasteiger partial charge in [0.1, 0.15) is 17.2 Å². The zero-order chi connectivity index (χ0) is 16.3. The molecule has 1 aliphatic rings. The van der Waals surface area contributed by atoms with Gasteiger partial charge in [-0.05, 0) is 55.2 Å². The number of benzene rings is 1. The van der Waals surface area contributed by atoms with Crippen molar-refractivity contribution in [2.24, 2.45) is 5.92 Å². The Morgan fingerprint density at radius 1 is 1.35 bits per heavy atom. The van der Waals surface area contributed by atoms with E-state index in [9.17, 15) is 14.3 Å². The molecule has 1 unspecified atom stereocenters. The van der Waals surface area contributed by atoms with Gasteiger partial charge in [0, 0.05) is 4.90 Å². The molecular weight excluding hydrogens is 317 g/mol. The zero-order valence-corrected chi connectivity index (χ0v) is 13.3. The molecule has 1 fully saturated rings. The van der Waals surface area contributed by atoms with E-state index in [0.717, 1.165) is 17.7 Å². The summed E-state index contributed by atoms with van der Waals surface area (Å²) in [6.45, 7) is 0.133. The maximum atomic E-state index is 12.8. The summed E-state index contributed by atoms with van der Waals surface area (Å²) in [5.74, 6) is 0.353. The van der Waals surface area contributed by atoms with Crippen LogP contribution in [0.4, 0.5) is 4.39 Å². The molecule has 0 bridgehead atoms. The Morgan fingerprint density at radius 3 is 2.70 bits per heavy atom. The highest BCUT2D eigenvalue weighted by Crippen LogP contribution is 2.45. The van der Waals surface area contributed by atoms with Crippen molar-refractivity contribution in [1.29, 1.82) is 0 Å². The van der Waals surface area contributed by atoms with Crippen LogP contribution in [0.25, 0.3) is 0 Å². The Bertz CT molecular complexity index is 655. The van der Waals surface area contributed by atoms with Crippen LogP contribution >= 0.6 is 11.8 Å². The van der Waals surface area contributed by atoms with Crippen molar-refractivity contribution in [3.8, 4) is 0 Å². The fraction of sp³-hybridized carbons (Fsp3) is 0.353. The van der Waals surface area contributed by atoms with Crippen molar-refractivity contribution in [1.82, 2.24) is 5.32 Å². The Morgan fingerprint density at radius 2 is 2.09 bits per heavy atom. The second-order valence-electron chi connectivity index (χ2n) is 5.70. The van der Waals surface area contributed by atoms with Crippen molar-refractivity contribution < 1.29 is 18.7 Å². The predicted octanol–water partition coefficient (Wildman–Crippen LogP) is 2.92. The van der Waals surface area contributed by atoms with E-state index in [1.54, 1.807) is 24.3 Å². The number of aliphatic hydroxyl groups is 1. The molecule has 1 aromatic carbocycles. The highest BCUT2D eigenvalue weighted by Gasteiger charge is 2.47. The van der Waals surface area contributed by atoms with Gasteiger partial charge in [-0.25, -0.2) is 4.39 Å². The number of thioether (sulfide) groups is 1. The summed E-state index contributed by atoms with van der Waals surface area (Å²) in [5.41, 5.74) is -1.14. The quantitative estimate of drug-likeness (QED) is 0.764. The minimum Gasteiger partial charge on any atom is -0.466 e. The number of halogens is 1. The topological polar surface area (TPSA) is 62.5 Å². The number of furan rings is 1. The second kappa shape index (κ2) is 6.76. The lowest BCUT2D eigenvalue weighted by Gasteiger charge is -2.26. The summed E-state index contributed by atoms with van der Waals surface area (Å²) < 4.78 is 18.2. The van der Waals surface area contributed by atoms with Crippen molar-refractivity contribution in [2.75, 3.05) is 12.3 Å². The number of carbonyl (C=O) groups is 1. The van der Waals surface area contributed by atoms with E-state index in [4.69, 9.17) is 4.42 Å². The Kier molecular flexibility index (Phi) is 4.73. The number of rotatable bonds is 7. The molecule has 6 heteroatoms. The van der Waals surface area contributed by atoms with Crippen molar-refractivity contribution in [3.63, 3.8) is 0 Å². The highest BCUT2D eigenvalue weighted by molar-refractivity contribution is 8.00. The van der Waals surface area contributed by atoms with Gasteiger partial charge in [-0.2, -0.15) is 0 Å². The fourth-order valence-electron chi connectivity index (χ4n) is 2.48. The van der Waals surface area contributed by atoms with E-state index in [2.05, 4.69) is 5.32 Å². The van der Waals surface area contributed by atoms with Crippen molar-refractivity contribution in [2.45, 2.75) is 23.3 Å². The molecule has 0 saturated heterocycles. The number of nitrogens with one attached hydrogen (secondary N) is 1. The van der Waals surface area contributed by atoms with Crippen LogP contribution in [-0.4, -0.2) is 23.3 Å². The molecule has 1 aliphatic carbocycles. The average Bonchev–Trinajstić information content (AvgIpc) is 3.27. The molecule has 2 N–H and O–H groups in total. The first kappa shape index (κ1) is 16.1. The SMILES string of the molecule is O=C(CSc1ccc(F)cc1)NCC(O)(c1ccco1)C1CC1. The maximum absolute atomic E-state index is 12.8. The fourth-order valence-corrected chi connectivity index (χ4v) is 3.21. The first-order chi connectivity index (χ1) is 11.1. The largest absolute Gasteiger partial charge is 0.466 e. The smallest absolute Gasteiger partial charge is 0.230 e. The van der Waals surface area contributed by atoms with Gasteiger partial charge in [-0.3, -0.25) is 4.79 Å². The lowest BCUT2D eigenvalue weighted by Crippen LogP contribution is -2.42. The molecule has 23 heavy (non-hydrogen) atoms. The Hall–Kier alpha value is -1.79. The van der Waals surface area contributed by atoms with Gasteiger partial charge < -0.3 is 14.8 Å². The van der Waals surface area contributed by atoms with Crippen LogP contribution in [0.5, 0.6) is 0 Å². The number of hydrogen-bond acceptors (Lipinski definition) is 4. The average molecular weight is 335 g/mol. The molecule has 1 amide bonds. The molecule has 1 atom stereocenters. The zero-order valence-electron chi connectivity index (χ0n) is 12.5. The standard InChI is InChI=1S/C17H18FNO3S/c18-13-5-7-14(8-6-13)23-10-16(20)19-11-17(21,12-3-4-12)15-2-1-9-22-15/h1-2,5-9,12,21H,3-4,10-11H2,(H,19,20). The van der Waals surface area contributed by atoms with Gasteiger partial charge >= 0.3 is 0 Å². The molecule has 1 heterocycles. The van der Waals surface area contributed by atoms with E-state index in [1.807, 2.05) is 0 Å². The van der Waals surface area contributed by atoms with Crippen LogP contribution in [0.3, 0.4) is 0 Å². The molecule has 2 aromatic rings. The van der Waals surface area contributed by atoms with E-state index >= 15 is 0 Å². The summed E-state index contributed by atoms with van der Waals surface area (Å²) in [6.07, 6.45) is 3.38. The van der Waals surface area contributed by atoms with E-state index in [1.165, 1.54) is 30.2 Å². The molecule has 0 spiro atoms. The number of amides is 1. The minimum absolute atomic E-state index is 0.124. The highest BCUT2D eigenvalue weighted by atomic mass is 32.2. The van der Waals surface area contributed by atoms with E-state index in [0.29, 0.717) is 5.76 Å². The van der Waals surface area contributed by atoms with E-state index < -0.39 is 5.60 Å². The van der Waals surface area contributed by atoms with Gasteiger partial charge in [0.05, 0.1) is 18.6 Å². The van der Waals surface area contributed by atoms with Crippen molar-refractivity contribution >= 4 is 17.7 Å². The van der Waals surface area contributed by atoms with Gasteiger partial charge in [0.2, 0.25) is 5.91 Å². The Labute approximate surface area is 138 Å². The van der Waals surface area contributed by atoms with Crippen LogP contribution < -0.4 is 5.32 Å². The van der Waals surface area contributed by atoms with Crippen LogP contribution in [0, 0.1) is 11.7 Å².